The maximum absolute atomic E-state index is 6.23. The predicted octanol–water partition coefficient (Wildman–Crippen LogP) is 3.43. The third-order valence-corrected chi connectivity index (χ3v) is 3.39. The summed E-state index contributed by atoms with van der Waals surface area (Å²) in [4.78, 5) is 4.43. The number of pyridine rings is 1. The highest BCUT2D eigenvalue weighted by Gasteiger charge is 2.18. The molecule has 90 valence electrons. The minimum Gasteiger partial charge on any atom is -0.314 e. The monoisotopic (exact) mass is 248 g/mol. The van der Waals surface area contributed by atoms with Crippen LogP contribution in [0.4, 0.5) is 0 Å². The topological polar surface area (TPSA) is 24.9 Å². The zero-order valence-electron chi connectivity index (χ0n) is 10.4. The lowest BCUT2D eigenvalue weighted by Crippen LogP contribution is -2.38. The quantitative estimate of drug-likeness (QED) is 0.842. The van der Waals surface area contributed by atoms with Gasteiger partial charge in [0.2, 0.25) is 0 Å². The number of para-hydroxylation sites is 1. The number of hydrogen-bond acceptors (Lipinski definition) is 2. The molecule has 0 saturated carbocycles. The van der Waals surface area contributed by atoms with Gasteiger partial charge in [-0.2, -0.15) is 0 Å². The molecule has 2 nitrogen and oxygen atoms in total. The van der Waals surface area contributed by atoms with E-state index in [0.717, 1.165) is 22.9 Å². The van der Waals surface area contributed by atoms with E-state index in [1.807, 2.05) is 25.2 Å². The Bertz CT molecular complexity index is 535. The first-order valence-corrected chi connectivity index (χ1v) is 6.13. The van der Waals surface area contributed by atoms with Gasteiger partial charge in [0.25, 0.3) is 0 Å². The van der Waals surface area contributed by atoms with Gasteiger partial charge in [-0.25, -0.2) is 4.98 Å². The van der Waals surface area contributed by atoms with Crippen LogP contribution < -0.4 is 5.32 Å². The van der Waals surface area contributed by atoms with Crippen molar-refractivity contribution in [2.45, 2.75) is 25.8 Å². The molecule has 0 spiro atoms. The molecule has 2 rings (SSSR count). The molecule has 1 heterocycles. The molecule has 0 amide bonds. The zero-order chi connectivity index (χ0) is 12.5. The smallest absolute Gasteiger partial charge is 0.133 e. The lowest BCUT2D eigenvalue weighted by atomic mass is 9.95. The van der Waals surface area contributed by atoms with E-state index in [1.165, 1.54) is 0 Å². The number of nitrogens with zero attached hydrogens (tertiary/aromatic N) is 1. The Balaban J connectivity index is 2.44. The summed E-state index contributed by atoms with van der Waals surface area (Å²) in [5, 5.41) is 5.02. The van der Waals surface area contributed by atoms with Crippen LogP contribution in [0.3, 0.4) is 0 Å². The second kappa shape index (κ2) is 4.63. The summed E-state index contributed by atoms with van der Waals surface area (Å²) in [5.74, 6) is 0. The van der Waals surface area contributed by atoms with Crippen molar-refractivity contribution >= 4 is 22.5 Å². The van der Waals surface area contributed by atoms with Crippen molar-refractivity contribution in [1.82, 2.24) is 10.3 Å². The van der Waals surface area contributed by atoms with E-state index in [9.17, 15) is 0 Å². The first-order valence-electron chi connectivity index (χ1n) is 5.75. The highest BCUT2D eigenvalue weighted by atomic mass is 35.5. The molecule has 0 fully saturated rings. The fourth-order valence-electron chi connectivity index (χ4n) is 1.82. The van der Waals surface area contributed by atoms with Crippen LogP contribution in [0.1, 0.15) is 19.4 Å². The first-order chi connectivity index (χ1) is 8.02. The number of hydrogen-bond donors (Lipinski definition) is 1. The number of fused-ring (bicyclic) bond motifs is 1. The van der Waals surface area contributed by atoms with E-state index in [4.69, 9.17) is 11.6 Å². The van der Waals surface area contributed by atoms with Gasteiger partial charge in [0.05, 0.1) is 5.52 Å². The third kappa shape index (κ3) is 2.76. The number of benzene rings is 1. The molecule has 0 saturated heterocycles. The summed E-state index contributed by atoms with van der Waals surface area (Å²) in [7, 11) is 1.96. The third-order valence-electron chi connectivity index (χ3n) is 3.06. The second-order valence-electron chi connectivity index (χ2n) is 4.94. The molecule has 3 heteroatoms. The average Bonchev–Trinajstić information content (AvgIpc) is 2.30. The van der Waals surface area contributed by atoms with E-state index in [2.05, 4.69) is 36.3 Å². The van der Waals surface area contributed by atoms with Gasteiger partial charge in [-0.1, -0.05) is 29.8 Å². The summed E-state index contributed by atoms with van der Waals surface area (Å²) in [6, 6.07) is 10.2. The summed E-state index contributed by atoms with van der Waals surface area (Å²) >= 11 is 6.23. The standard InChI is InChI=1S/C14H17ClN2/c1-14(2,16-3)9-11-8-10-6-4-5-7-12(10)17-13(11)15/h4-8,16H,9H2,1-3H3. The number of halogens is 1. The Morgan fingerprint density at radius 2 is 2.00 bits per heavy atom. The maximum atomic E-state index is 6.23. The van der Waals surface area contributed by atoms with Crippen LogP contribution in [0, 0.1) is 0 Å². The highest BCUT2D eigenvalue weighted by Crippen LogP contribution is 2.23. The predicted molar refractivity (Wildman–Crippen MR) is 73.6 cm³/mol. The van der Waals surface area contributed by atoms with Crippen LogP contribution >= 0.6 is 11.6 Å². The number of nitrogens with one attached hydrogen (secondary N) is 1. The van der Waals surface area contributed by atoms with Crippen LogP contribution in [0.5, 0.6) is 0 Å². The molecule has 0 aliphatic rings. The SMILES string of the molecule is CNC(C)(C)Cc1cc2ccccc2nc1Cl. The highest BCUT2D eigenvalue weighted by molar-refractivity contribution is 6.30. The van der Waals surface area contributed by atoms with Crippen molar-refractivity contribution in [2.75, 3.05) is 7.05 Å². The van der Waals surface area contributed by atoms with Crippen LogP contribution in [-0.2, 0) is 6.42 Å². The van der Waals surface area contributed by atoms with Crippen molar-refractivity contribution in [3.8, 4) is 0 Å². The van der Waals surface area contributed by atoms with Gasteiger partial charge < -0.3 is 5.32 Å². The van der Waals surface area contributed by atoms with E-state index in [1.54, 1.807) is 0 Å². The summed E-state index contributed by atoms with van der Waals surface area (Å²) < 4.78 is 0. The first kappa shape index (κ1) is 12.3. The van der Waals surface area contributed by atoms with Gasteiger partial charge in [0.15, 0.2) is 0 Å². The lowest BCUT2D eigenvalue weighted by Gasteiger charge is -2.24. The second-order valence-corrected chi connectivity index (χ2v) is 5.30. The fourth-order valence-corrected chi connectivity index (χ4v) is 2.04. The van der Waals surface area contributed by atoms with Crippen molar-refractivity contribution < 1.29 is 0 Å². The average molecular weight is 249 g/mol. The molecular formula is C14H17ClN2. The molecule has 17 heavy (non-hydrogen) atoms. The molecule has 0 radical (unpaired) electrons. The van der Waals surface area contributed by atoms with Gasteiger partial charge in [0, 0.05) is 10.9 Å². The van der Waals surface area contributed by atoms with Crippen LogP contribution in [0.25, 0.3) is 10.9 Å². The molecule has 0 unspecified atom stereocenters. The molecule has 0 atom stereocenters. The van der Waals surface area contributed by atoms with Crippen molar-refractivity contribution in [2.24, 2.45) is 0 Å². The fraction of sp³-hybridized carbons (Fsp3) is 0.357. The molecular weight excluding hydrogens is 232 g/mol. The largest absolute Gasteiger partial charge is 0.314 e. The summed E-state index contributed by atoms with van der Waals surface area (Å²) in [6.45, 7) is 4.30. The van der Waals surface area contributed by atoms with E-state index >= 15 is 0 Å². The maximum Gasteiger partial charge on any atom is 0.133 e. The molecule has 2 aromatic rings. The Hall–Kier alpha value is -1.12. The molecule has 1 aromatic heterocycles. The minimum absolute atomic E-state index is 0.0216. The Morgan fingerprint density at radius 1 is 1.29 bits per heavy atom. The van der Waals surface area contributed by atoms with Crippen LogP contribution in [0.2, 0.25) is 5.15 Å². The minimum atomic E-state index is 0.0216. The van der Waals surface area contributed by atoms with Gasteiger partial charge in [-0.3, -0.25) is 0 Å². The molecule has 0 aliphatic carbocycles. The Morgan fingerprint density at radius 3 is 2.71 bits per heavy atom. The number of likely N-dealkylation sites (N-methyl/N-ethyl adjacent to an activating group) is 1. The van der Waals surface area contributed by atoms with Crippen molar-refractivity contribution in [3.05, 3.63) is 41.0 Å². The summed E-state index contributed by atoms with van der Waals surface area (Å²) in [5.41, 5.74) is 2.06. The van der Waals surface area contributed by atoms with Crippen LogP contribution in [-0.4, -0.2) is 17.6 Å². The van der Waals surface area contributed by atoms with Crippen molar-refractivity contribution in [1.29, 1.82) is 0 Å². The van der Waals surface area contributed by atoms with E-state index in [-0.39, 0.29) is 5.54 Å². The number of rotatable bonds is 3. The van der Waals surface area contributed by atoms with E-state index < -0.39 is 0 Å². The zero-order valence-corrected chi connectivity index (χ0v) is 11.2. The molecule has 0 bridgehead atoms. The van der Waals surface area contributed by atoms with Crippen molar-refractivity contribution in [3.63, 3.8) is 0 Å². The van der Waals surface area contributed by atoms with Gasteiger partial charge >= 0.3 is 0 Å². The Labute approximate surface area is 107 Å². The van der Waals surface area contributed by atoms with Gasteiger partial charge in [-0.05, 0) is 45.0 Å². The van der Waals surface area contributed by atoms with E-state index in [0.29, 0.717) is 5.15 Å². The molecule has 1 N–H and O–H groups in total. The summed E-state index contributed by atoms with van der Waals surface area (Å²) in [6.07, 6.45) is 0.861. The molecule has 0 aliphatic heterocycles. The van der Waals surface area contributed by atoms with Crippen LogP contribution in [0.15, 0.2) is 30.3 Å². The van der Waals surface area contributed by atoms with Gasteiger partial charge in [0.1, 0.15) is 5.15 Å². The molecule has 1 aromatic carbocycles. The normalized spacial score (nSPS) is 12.0. The number of aromatic nitrogens is 1. The Kier molecular flexibility index (Phi) is 3.36. The lowest BCUT2D eigenvalue weighted by molar-refractivity contribution is 0.422. The van der Waals surface area contributed by atoms with Gasteiger partial charge in [-0.15, -0.1) is 0 Å².